The molecule has 0 amide bonds. The Hall–Kier alpha value is -2.89. The molecule has 11 heteroatoms. The van der Waals surface area contributed by atoms with Crippen molar-refractivity contribution < 1.29 is 14.6 Å². The van der Waals surface area contributed by atoms with Gasteiger partial charge in [-0.25, -0.2) is 15.0 Å². The molecule has 3 aromatic rings. The first-order chi connectivity index (χ1) is 16.0. The highest BCUT2D eigenvalue weighted by Gasteiger charge is 2.16. The quantitative estimate of drug-likeness (QED) is 0.115. The van der Waals surface area contributed by atoms with Crippen molar-refractivity contribution in [1.29, 1.82) is 0 Å². The lowest BCUT2D eigenvalue weighted by atomic mass is 10.2. The summed E-state index contributed by atoms with van der Waals surface area (Å²) in [6, 6.07) is 7.34. The summed E-state index contributed by atoms with van der Waals surface area (Å²) >= 11 is 3.14. The number of aliphatic hydroxyl groups is 1. The summed E-state index contributed by atoms with van der Waals surface area (Å²) in [5.74, 6) is 2.82. The molecule has 0 saturated heterocycles. The Morgan fingerprint density at radius 3 is 2.82 bits per heavy atom. The predicted molar refractivity (Wildman–Crippen MR) is 133 cm³/mol. The summed E-state index contributed by atoms with van der Waals surface area (Å²) in [5.41, 5.74) is 13.3. The number of thiazole rings is 1. The molecule has 0 bridgehead atoms. The summed E-state index contributed by atoms with van der Waals surface area (Å²) in [6.45, 7) is 2.57. The second kappa shape index (κ2) is 12.4. The lowest BCUT2D eigenvalue weighted by molar-refractivity contribution is 0.196. The number of nitrogens with zero attached hydrogens (tertiary/aromatic N) is 4. The Bertz CT molecular complexity index is 1090. The Morgan fingerprint density at radius 1 is 1.24 bits per heavy atom. The monoisotopic (exact) mass is 488 g/mol. The first-order valence-corrected chi connectivity index (χ1v) is 12.2. The molecule has 0 fully saturated rings. The Kier molecular flexibility index (Phi) is 9.28. The maximum Gasteiger partial charge on any atom is 0.189 e. The summed E-state index contributed by atoms with van der Waals surface area (Å²) in [6.07, 6.45) is 3.36. The van der Waals surface area contributed by atoms with Gasteiger partial charge < -0.3 is 26.0 Å². The van der Waals surface area contributed by atoms with Gasteiger partial charge in [0.2, 0.25) is 0 Å². The van der Waals surface area contributed by atoms with Gasteiger partial charge >= 0.3 is 0 Å². The SMILES string of the molecule is COc1ccc(-c2nc(CSc3nccc(N)n3)c(CCCN=C(C)N)s2)cc1OCCO. The van der Waals surface area contributed by atoms with Crippen molar-refractivity contribution >= 4 is 34.8 Å². The number of anilines is 1. The second-order valence-corrected chi connectivity index (χ2v) is 9.03. The Balaban J connectivity index is 1.85. The maximum atomic E-state index is 9.11. The zero-order valence-corrected chi connectivity index (χ0v) is 20.3. The van der Waals surface area contributed by atoms with Crippen LogP contribution in [0.15, 0.2) is 40.6 Å². The zero-order valence-electron chi connectivity index (χ0n) is 18.7. The minimum Gasteiger partial charge on any atom is -0.493 e. The van der Waals surface area contributed by atoms with Crippen LogP contribution >= 0.6 is 23.1 Å². The predicted octanol–water partition coefficient (Wildman–Crippen LogP) is 3.16. The number of nitrogen functional groups attached to an aromatic ring is 1. The van der Waals surface area contributed by atoms with Crippen LogP contribution in [0.5, 0.6) is 11.5 Å². The van der Waals surface area contributed by atoms with Gasteiger partial charge in [-0.2, -0.15) is 0 Å². The van der Waals surface area contributed by atoms with E-state index in [1.807, 2.05) is 18.2 Å². The number of thioether (sulfide) groups is 1. The number of methoxy groups -OCH3 is 1. The number of aliphatic imine (C=N–C) groups is 1. The van der Waals surface area contributed by atoms with E-state index in [0.717, 1.165) is 29.1 Å². The van der Waals surface area contributed by atoms with Crippen LogP contribution in [0.25, 0.3) is 10.6 Å². The third-order valence-corrected chi connectivity index (χ3v) is 6.53. The smallest absolute Gasteiger partial charge is 0.189 e. The number of benzene rings is 1. The van der Waals surface area contributed by atoms with Gasteiger partial charge in [0.25, 0.3) is 0 Å². The van der Waals surface area contributed by atoms with E-state index in [0.29, 0.717) is 40.6 Å². The molecule has 0 radical (unpaired) electrons. The topological polar surface area (TPSA) is 142 Å². The molecule has 0 aliphatic heterocycles. The number of hydrogen-bond acceptors (Lipinski definition) is 10. The molecule has 33 heavy (non-hydrogen) atoms. The molecule has 0 aliphatic rings. The molecule has 0 saturated carbocycles. The van der Waals surface area contributed by atoms with Crippen molar-refractivity contribution in [3.8, 4) is 22.1 Å². The molecular formula is C22H28N6O3S2. The van der Waals surface area contributed by atoms with E-state index in [-0.39, 0.29) is 13.2 Å². The summed E-state index contributed by atoms with van der Waals surface area (Å²) in [7, 11) is 1.58. The number of nitrogens with two attached hydrogens (primary N) is 2. The van der Waals surface area contributed by atoms with Crippen molar-refractivity contribution in [2.45, 2.75) is 30.7 Å². The van der Waals surface area contributed by atoms with E-state index < -0.39 is 0 Å². The van der Waals surface area contributed by atoms with Crippen molar-refractivity contribution in [2.24, 2.45) is 10.7 Å². The van der Waals surface area contributed by atoms with Crippen molar-refractivity contribution in [3.63, 3.8) is 0 Å². The third-order valence-electron chi connectivity index (χ3n) is 4.45. The largest absolute Gasteiger partial charge is 0.493 e. The number of aryl methyl sites for hydroxylation is 1. The average molecular weight is 489 g/mol. The van der Waals surface area contributed by atoms with Gasteiger partial charge in [-0.05, 0) is 44.0 Å². The highest BCUT2D eigenvalue weighted by atomic mass is 32.2. The van der Waals surface area contributed by atoms with Crippen LogP contribution in [0.1, 0.15) is 23.9 Å². The molecule has 1 aromatic carbocycles. The third kappa shape index (κ3) is 7.31. The molecule has 2 heterocycles. The fraction of sp³-hybridized carbons (Fsp3) is 0.364. The van der Waals surface area contributed by atoms with E-state index in [2.05, 4.69) is 15.0 Å². The van der Waals surface area contributed by atoms with Gasteiger partial charge in [0, 0.05) is 28.9 Å². The van der Waals surface area contributed by atoms with Gasteiger partial charge in [-0.3, -0.25) is 4.99 Å². The van der Waals surface area contributed by atoms with Crippen molar-refractivity contribution in [1.82, 2.24) is 15.0 Å². The number of hydrogen-bond donors (Lipinski definition) is 3. The number of amidine groups is 1. The lowest BCUT2D eigenvalue weighted by Crippen LogP contribution is -2.06. The van der Waals surface area contributed by atoms with E-state index in [4.69, 9.17) is 31.0 Å². The van der Waals surface area contributed by atoms with Gasteiger partial charge in [-0.15, -0.1) is 11.3 Å². The maximum absolute atomic E-state index is 9.11. The molecule has 0 unspecified atom stereocenters. The fourth-order valence-corrected chi connectivity index (χ4v) is 4.96. The van der Waals surface area contributed by atoms with Crippen LogP contribution < -0.4 is 20.9 Å². The number of rotatable bonds is 12. The van der Waals surface area contributed by atoms with Gasteiger partial charge in [0.1, 0.15) is 17.4 Å². The van der Waals surface area contributed by atoms with E-state index in [9.17, 15) is 0 Å². The van der Waals surface area contributed by atoms with Gasteiger partial charge in [0.15, 0.2) is 16.7 Å². The van der Waals surface area contributed by atoms with Crippen molar-refractivity contribution in [2.75, 3.05) is 32.6 Å². The van der Waals surface area contributed by atoms with Gasteiger partial charge in [-0.1, -0.05) is 11.8 Å². The van der Waals surface area contributed by atoms with Crippen LogP contribution in [0.2, 0.25) is 0 Å². The minimum absolute atomic E-state index is 0.0764. The van der Waals surface area contributed by atoms with E-state index >= 15 is 0 Å². The van der Waals surface area contributed by atoms with Crippen LogP contribution in [0.4, 0.5) is 5.82 Å². The normalized spacial score (nSPS) is 11.5. The molecule has 9 nitrogen and oxygen atoms in total. The molecule has 0 spiro atoms. The summed E-state index contributed by atoms with van der Waals surface area (Å²) < 4.78 is 11.0. The summed E-state index contributed by atoms with van der Waals surface area (Å²) in [4.78, 5) is 18.9. The molecule has 0 atom stereocenters. The molecule has 2 aromatic heterocycles. The molecule has 3 rings (SSSR count). The van der Waals surface area contributed by atoms with Gasteiger partial charge in [0.05, 0.1) is 25.2 Å². The first kappa shape index (κ1) is 24.7. The minimum atomic E-state index is -0.0764. The van der Waals surface area contributed by atoms with Crippen LogP contribution in [0, 0.1) is 0 Å². The summed E-state index contributed by atoms with van der Waals surface area (Å²) in [5, 5.41) is 10.6. The zero-order chi connectivity index (χ0) is 23.6. The average Bonchev–Trinajstić information content (AvgIpc) is 3.22. The highest BCUT2D eigenvalue weighted by molar-refractivity contribution is 7.98. The first-order valence-electron chi connectivity index (χ1n) is 10.4. The van der Waals surface area contributed by atoms with Crippen molar-refractivity contribution in [3.05, 3.63) is 41.0 Å². The Labute approximate surface area is 201 Å². The van der Waals surface area contributed by atoms with E-state index in [1.54, 1.807) is 37.6 Å². The molecule has 176 valence electrons. The highest BCUT2D eigenvalue weighted by Crippen LogP contribution is 2.36. The molecule has 5 N–H and O–H groups in total. The van der Waals surface area contributed by atoms with E-state index in [1.165, 1.54) is 16.6 Å². The molecule has 0 aliphatic carbocycles. The molecular weight excluding hydrogens is 460 g/mol. The second-order valence-electron chi connectivity index (χ2n) is 7.01. The van der Waals surface area contributed by atoms with Crippen LogP contribution in [-0.4, -0.2) is 52.8 Å². The fourth-order valence-electron chi connectivity index (χ4n) is 2.94. The number of aliphatic hydroxyl groups excluding tert-OH is 1. The Morgan fingerprint density at radius 2 is 2.09 bits per heavy atom. The number of aromatic nitrogens is 3. The van der Waals surface area contributed by atoms with Crippen LogP contribution in [-0.2, 0) is 12.2 Å². The van der Waals surface area contributed by atoms with Crippen LogP contribution in [0.3, 0.4) is 0 Å². The lowest BCUT2D eigenvalue weighted by Gasteiger charge is -2.10. The number of ether oxygens (including phenoxy) is 2. The standard InChI is InChI=1S/C22H28N6O3S2/c1-14(23)25-8-3-4-19-16(13-32-22-26-9-7-20(24)28-22)27-21(33-19)15-5-6-17(30-2)18(12-15)31-11-10-29/h5-7,9,12,29H,3-4,8,10-11,13H2,1-2H3,(H2,23,25)(H2,24,26,28).